The zero-order valence-corrected chi connectivity index (χ0v) is 9.83. The first-order valence-corrected chi connectivity index (χ1v) is 6.31. The van der Waals surface area contributed by atoms with E-state index in [9.17, 15) is 4.39 Å². The van der Waals surface area contributed by atoms with E-state index in [4.69, 9.17) is 0 Å². The highest BCUT2D eigenvalue weighted by atomic mass is 79.9. The standard InChI is InChI=1S/C8H15Br2F/c9-6-3-1-2-4-8(11)5-7-10/h8H,1-7H2. The molecule has 1 atom stereocenters. The van der Waals surface area contributed by atoms with E-state index in [0.717, 1.165) is 29.9 Å². The normalized spacial score (nSPS) is 13.4. The lowest BCUT2D eigenvalue weighted by atomic mass is 10.1. The Labute approximate surface area is 85.2 Å². The summed E-state index contributed by atoms with van der Waals surface area (Å²) >= 11 is 6.57. The summed E-state index contributed by atoms with van der Waals surface area (Å²) in [5, 5.41) is 1.83. The summed E-state index contributed by atoms with van der Waals surface area (Å²) < 4.78 is 12.8. The highest BCUT2D eigenvalue weighted by Gasteiger charge is 2.03. The van der Waals surface area contributed by atoms with Crippen LogP contribution < -0.4 is 0 Å². The SMILES string of the molecule is FC(CCBr)CCCCCBr. The van der Waals surface area contributed by atoms with E-state index < -0.39 is 6.17 Å². The monoisotopic (exact) mass is 288 g/mol. The molecular formula is C8H15Br2F. The minimum Gasteiger partial charge on any atom is -0.247 e. The second kappa shape index (κ2) is 8.98. The third-order valence-corrected chi connectivity index (χ3v) is 2.59. The number of unbranched alkanes of at least 4 members (excludes halogenated alkanes) is 2. The fourth-order valence-corrected chi connectivity index (χ4v) is 1.79. The first-order valence-electron chi connectivity index (χ1n) is 4.07. The van der Waals surface area contributed by atoms with Gasteiger partial charge in [-0.3, -0.25) is 0 Å². The summed E-state index contributed by atoms with van der Waals surface area (Å²) in [5.74, 6) is 0. The zero-order chi connectivity index (χ0) is 8.53. The molecule has 1 unspecified atom stereocenters. The molecule has 68 valence electrons. The Morgan fingerprint density at radius 3 is 2.18 bits per heavy atom. The maximum absolute atomic E-state index is 12.8. The molecule has 0 saturated carbocycles. The van der Waals surface area contributed by atoms with Crippen LogP contribution in [0, 0.1) is 0 Å². The molecule has 0 aromatic rings. The van der Waals surface area contributed by atoms with Gasteiger partial charge in [0.25, 0.3) is 0 Å². The molecule has 3 heteroatoms. The molecule has 0 N–H and O–H groups in total. The topological polar surface area (TPSA) is 0 Å². The summed E-state index contributed by atoms with van der Waals surface area (Å²) in [5.41, 5.74) is 0. The number of rotatable bonds is 7. The van der Waals surface area contributed by atoms with Crippen LogP contribution in [0.1, 0.15) is 32.1 Å². The summed E-state index contributed by atoms with van der Waals surface area (Å²) in [6, 6.07) is 0. The molecule has 0 fully saturated rings. The highest BCUT2D eigenvalue weighted by molar-refractivity contribution is 9.09. The Morgan fingerprint density at radius 2 is 1.64 bits per heavy atom. The second-order valence-corrected chi connectivity index (χ2v) is 4.20. The fourth-order valence-electron chi connectivity index (χ4n) is 0.900. The van der Waals surface area contributed by atoms with Crippen molar-refractivity contribution in [3.8, 4) is 0 Å². The van der Waals surface area contributed by atoms with Crippen LogP contribution in [0.3, 0.4) is 0 Å². The van der Waals surface area contributed by atoms with Crippen molar-refractivity contribution in [1.82, 2.24) is 0 Å². The molecule has 0 aliphatic rings. The van der Waals surface area contributed by atoms with E-state index in [-0.39, 0.29) is 0 Å². The van der Waals surface area contributed by atoms with Gasteiger partial charge in [-0.1, -0.05) is 44.7 Å². The van der Waals surface area contributed by atoms with Crippen LogP contribution in [0.2, 0.25) is 0 Å². The average molecular weight is 290 g/mol. The van der Waals surface area contributed by atoms with Crippen molar-refractivity contribution in [3.63, 3.8) is 0 Å². The molecule has 0 amide bonds. The van der Waals surface area contributed by atoms with Gasteiger partial charge in [0.15, 0.2) is 0 Å². The maximum atomic E-state index is 12.8. The van der Waals surface area contributed by atoms with Crippen molar-refractivity contribution in [2.24, 2.45) is 0 Å². The zero-order valence-electron chi connectivity index (χ0n) is 6.66. The summed E-state index contributed by atoms with van der Waals surface area (Å²) in [7, 11) is 0. The van der Waals surface area contributed by atoms with Gasteiger partial charge in [0.05, 0.1) is 0 Å². The van der Waals surface area contributed by atoms with Gasteiger partial charge in [-0.05, 0) is 19.3 Å². The molecule has 0 aliphatic heterocycles. The Hall–Kier alpha value is 0.890. The summed E-state index contributed by atoms with van der Waals surface area (Å²) in [6.45, 7) is 0. The van der Waals surface area contributed by atoms with Crippen LogP contribution in [0.15, 0.2) is 0 Å². The van der Waals surface area contributed by atoms with Crippen molar-refractivity contribution < 1.29 is 4.39 Å². The van der Waals surface area contributed by atoms with Gasteiger partial charge in [-0.15, -0.1) is 0 Å². The molecule has 11 heavy (non-hydrogen) atoms. The van der Waals surface area contributed by atoms with E-state index in [0.29, 0.717) is 6.42 Å². The van der Waals surface area contributed by atoms with Crippen LogP contribution in [0.25, 0.3) is 0 Å². The quantitative estimate of drug-likeness (QED) is 0.490. The van der Waals surface area contributed by atoms with E-state index in [2.05, 4.69) is 31.9 Å². The van der Waals surface area contributed by atoms with Gasteiger partial charge in [0.1, 0.15) is 6.17 Å². The predicted molar refractivity (Wildman–Crippen MR) is 55.6 cm³/mol. The van der Waals surface area contributed by atoms with Crippen LogP contribution in [-0.2, 0) is 0 Å². The van der Waals surface area contributed by atoms with E-state index in [1.807, 2.05) is 0 Å². The summed E-state index contributed by atoms with van der Waals surface area (Å²) in [4.78, 5) is 0. The average Bonchev–Trinajstić information content (AvgIpc) is 1.99. The molecule has 0 aliphatic carbocycles. The third-order valence-electron chi connectivity index (χ3n) is 1.57. The maximum Gasteiger partial charge on any atom is 0.101 e. The Bertz CT molecular complexity index is 78.5. The molecule has 0 heterocycles. The molecule has 0 spiro atoms. The first kappa shape index (κ1) is 11.9. The lowest BCUT2D eigenvalue weighted by molar-refractivity contribution is 0.300. The molecule has 0 rings (SSSR count). The second-order valence-electron chi connectivity index (χ2n) is 2.61. The van der Waals surface area contributed by atoms with E-state index in [1.165, 1.54) is 6.42 Å². The molecule has 0 bridgehead atoms. The molecule has 0 aromatic carbocycles. The van der Waals surface area contributed by atoms with Gasteiger partial charge in [0, 0.05) is 10.7 Å². The van der Waals surface area contributed by atoms with Gasteiger partial charge >= 0.3 is 0 Å². The van der Waals surface area contributed by atoms with E-state index >= 15 is 0 Å². The van der Waals surface area contributed by atoms with Crippen molar-refractivity contribution in [1.29, 1.82) is 0 Å². The number of alkyl halides is 3. The Morgan fingerprint density at radius 1 is 0.909 bits per heavy atom. The molecule has 0 saturated heterocycles. The lowest BCUT2D eigenvalue weighted by Crippen LogP contribution is -2.00. The lowest BCUT2D eigenvalue weighted by Gasteiger charge is -2.04. The van der Waals surface area contributed by atoms with Gasteiger partial charge in [-0.2, -0.15) is 0 Å². The smallest absolute Gasteiger partial charge is 0.101 e. The van der Waals surface area contributed by atoms with Gasteiger partial charge in [0.2, 0.25) is 0 Å². The molecule has 0 aromatic heterocycles. The molecule has 0 nitrogen and oxygen atoms in total. The molecule has 0 radical (unpaired) electrons. The number of halogens is 3. The fraction of sp³-hybridized carbons (Fsp3) is 1.00. The minimum atomic E-state index is -0.593. The number of hydrogen-bond acceptors (Lipinski definition) is 0. The Kier molecular flexibility index (Phi) is 9.71. The summed E-state index contributed by atoms with van der Waals surface area (Å²) in [6.07, 6.45) is 4.14. The van der Waals surface area contributed by atoms with Crippen molar-refractivity contribution in [3.05, 3.63) is 0 Å². The van der Waals surface area contributed by atoms with Crippen LogP contribution >= 0.6 is 31.9 Å². The molecular weight excluding hydrogens is 275 g/mol. The largest absolute Gasteiger partial charge is 0.247 e. The first-order chi connectivity index (χ1) is 5.31. The van der Waals surface area contributed by atoms with Crippen LogP contribution in [-0.4, -0.2) is 16.8 Å². The van der Waals surface area contributed by atoms with Gasteiger partial charge < -0.3 is 0 Å². The predicted octanol–water partition coefficient (Wildman–Crippen LogP) is 4.06. The number of hydrogen-bond donors (Lipinski definition) is 0. The highest BCUT2D eigenvalue weighted by Crippen LogP contribution is 2.11. The van der Waals surface area contributed by atoms with Crippen molar-refractivity contribution in [2.75, 3.05) is 10.7 Å². The van der Waals surface area contributed by atoms with E-state index in [1.54, 1.807) is 0 Å². The van der Waals surface area contributed by atoms with Crippen LogP contribution in [0.4, 0.5) is 4.39 Å². The van der Waals surface area contributed by atoms with Crippen LogP contribution in [0.5, 0.6) is 0 Å². The van der Waals surface area contributed by atoms with Crippen molar-refractivity contribution in [2.45, 2.75) is 38.3 Å². The minimum absolute atomic E-state index is 0.593. The van der Waals surface area contributed by atoms with Crippen molar-refractivity contribution >= 4 is 31.9 Å². The van der Waals surface area contributed by atoms with Gasteiger partial charge in [-0.25, -0.2) is 4.39 Å². The third kappa shape index (κ3) is 8.80. The Balaban J connectivity index is 2.97.